The van der Waals surface area contributed by atoms with Gasteiger partial charge in [-0.15, -0.1) is 0 Å². The molecule has 0 fully saturated rings. The predicted molar refractivity (Wildman–Crippen MR) is 136 cm³/mol. The van der Waals surface area contributed by atoms with Crippen LogP contribution in [0.4, 0.5) is 11.5 Å². The molecule has 0 spiro atoms. The summed E-state index contributed by atoms with van der Waals surface area (Å²) < 4.78 is 0. The molecule has 0 radical (unpaired) electrons. The molecule has 6 heteroatoms. The van der Waals surface area contributed by atoms with Gasteiger partial charge in [-0.25, -0.2) is 4.98 Å². The van der Waals surface area contributed by atoms with E-state index in [1.807, 2.05) is 79.7 Å². The number of hydrogen-bond acceptors (Lipinski definition) is 4. The Balaban J connectivity index is 1.57. The van der Waals surface area contributed by atoms with Gasteiger partial charge < -0.3 is 15.6 Å². The molecule has 0 aliphatic carbocycles. The summed E-state index contributed by atoms with van der Waals surface area (Å²) >= 11 is 0. The Kier molecular flexibility index (Phi) is 5.79. The highest BCUT2D eigenvalue weighted by Crippen LogP contribution is 2.35. The fourth-order valence-corrected chi connectivity index (χ4v) is 4.20. The Bertz CT molecular complexity index is 1440. The number of nitrogens with zero attached hydrogens (tertiary/aromatic N) is 2. The number of rotatable bonds is 6. The highest BCUT2D eigenvalue weighted by atomic mass is 16.1. The average molecular weight is 448 g/mol. The SMILES string of the molecule is Cc1cccc(NC(c2ccccn2)c2c(C)[nH]c3ccc(NC(=O)c4ccccc4)cc23)n1. The van der Waals surface area contributed by atoms with Gasteiger partial charge in [-0.1, -0.05) is 30.3 Å². The van der Waals surface area contributed by atoms with Crippen molar-refractivity contribution in [1.29, 1.82) is 0 Å². The van der Waals surface area contributed by atoms with Crippen molar-refractivity contribution in [2.75, 3.05) is 10.6 Å². The highest BCUT2D eigenvalue weighted by Gasteiger charge is 2.23. The zero-order valence-corrected chi connectivity index (χ0v) is 19.0. The first-order valence-electron chi connectivity index (χ1n) is 11.2. The van der Waals surface area contributed by atoms with Crippen molar-refractivity contribution in [1.82, 2.24) is 15.0 Å². The first-order valence-corrected chi connectivity index (χ1v) is 11.2. The summed E-state index contributed by atoms with van der Waals surface area (Å²) in [4.78, 5) is 25.5. The van der Waals surface area contributed by atoms with Crippen LogP contribution in [0.1, 0.15) is 39.0 Å². The van der Waals surface area contributed by atoms with E-state index >= 15 is 0 Å². The van der Waals surface area contributed by atoms with Gasteiger partial charge in [0.05, 0.1) is 11.7 Å². The summed E-state index contributed by atoms with van der Waals surface area (Å²) in [6, 6.07) is 26.7. The lowest BCUT2D eigenvalue weighted by atomic mass is 9.99. The van der Waals surface area contributed by atoms with Crippen LogP contribution in [0.2, 0.25) is 0 Å². The molecule has 34 heavy (non-hydrogen) atoms. The second-order valence-electron chi connectivity index (χ2n) is 8.24. The first kappa shape index (κ1) is 21.4. The van der Waals surface area contributed by atoms with Crippen LogP contribution in [0.15, 0.2) is 91.1 Å². The van der Waals surface area contributed by atoms with Crippen molar-refractivity contribution < 1.29 is 4.79 Å². The summed E-state index contributed by atoms with van der Waals surface area (Å²) in [6.07, 6.45) is 1.80. The molecule has 0 saturated carbocycles. The molecule has 3 aromatic heterocycles. The maximum absolute atomic E-state index is 12.7. The van der Waals surface area contributed by atoms with Gasteiger partial charge in [0.25, 0.3) is 5.91 Å². The molecular weight excluding hydrogens is 422 g/mol. The number of carbonyl (C=O) groups is 1. The predicted octanol–water partition coefficient (Wildman–Crippen LogP) is 6.03. The number of anilines is 2. The van der Waals surface area contributed by atoms with Crippen molar-refractivity contribution in [2.45, 2.75) is 19.9 Å². The molecule has 168 valence electrons. The van der Waals surface area contributed by atoms with Gasteiger partial charge >= 0.3 is 0 Å². The number of benzene rings is 2. The molecule has 0 bridgehead atoms. The van der Waals surface area contributed by atoms with Gasteiger partial charge in [0.2, 0.25) is 0 Å². The zero-order chi connectivity index (χ0) is 23.5. The molecule has 6 nitrogen and oxygen atoms in total. The summed E-state index contributed by atoms with van der Waals surface area (Å²) in [5.74, 6) is 0.634. The smallest absolute Gasteiger partial charge is 0.255 e. The van der Waals surface area contributed by atoms with Crippen LogP contribution in [-0.4, -0.2) is 20.9 Å². The number of pyridine rings is 2. The quantitative estimate of drug-likeness (QED) is 0.297. The molecule has 3 heterocycles. The van der Waals surface area contributed by atoms with Crippen LogP contribution in [0.3, 0.4) is 0 Å². The minimum atomic E-state index is -0.232. The molecule has 0 aliphatic heterocycles. The van der Waals surface area contributed by atoms with Crippen LogP contribution in [0, 0.1) is 13.8 Å². The molecular formula is C28H25N5O. The zero-order valence-electron chi connectivity index (χ0n) is 19.0. The van der Waals surface area contributed by atoms with Gasteiger partial charge in [-0.2, -0.15) is 0 Å². The van der Waals surface area contributed by atoms with E-state index in [0.29, 0.717) is 5.56 Å². The van der Waals surface area contributed by atoms with E-state index in [1.54, 1.807) is 18.3 Å². The summed E-state index contributed by atoms with van der Waals surface area (Å²) in [5.41, 5.74) is 6.25. The molecule has 1 atom stereocenters. The molecule has 5 rings (SSSR count). The number of aromatic amines is 1. The van der Waals surface area contributed by atoms with Crippen molar-refractivity contribution in [3.63, 3.8) is 0 Å². The van der Waals surface area contributed by atoms with Crippen molar-refractivity contribution in [3.05, 3.63) is 119 Å². The summed E-state index contributed by atoms with van der Waals surface area (Å²) in [5, 5.41) is 7.61. The fourth-order valence-electron chi connectivity index (χ4n) is 4.20. The van der Waals surface area contributed by atoms with Crippen molar-refractivity contribution >= 4 is 28.3 Å². The number of hydrogen-bond donors (Lipinski definition) is 3. The maximum Gasteiger partial charge on any atom is 0.255 e. The van der Waals surface area contributed by atoms with Gasteiger partial charge in [0.15, 0.2) is 0 Å². The molecule has 0 saturated heterocycles. The van der Waals surface area contributed by atoms with E-state index in [9.17, 15) is 4.79 Å². The Hall–Kier alpha value is -4.45. The number of fused-ring (bicyclic) bond motifs is 1. The number of amides is 1. The van der Waals surface area contributed by atoms with Gasteiger partial charge in [0, 0.05) is 45.3 Å². The minimum Gasteiger partial charge on any atom is -0.358 e. The molecule has 3 N–H and O–H groups in total. The second kappa shape index (κ2) is 9.19. The third kappa shape index (κ3) is 4.38. The lowest BCUT2D eigenvalue weighted by Gasteiger charge is -2.20. The van der Waals surface area contributed by atoms with E-state index in [0.717, 1.165) is 45.1 Å². The van der Waals surface area contributed by atoms with E-state index in [4.69, 9.17) is 0 Å². The van der Waals surface area contributed by atoms with Crippen LogP contribution in [-0.2, 0) is 0 Å². The van der Waals surface area contributed by atoms with Crippen LogP contribution < -0.4 is 10.6 Å². The van der Waals surface area contributed by atoms with Crippen molar-refractivity contribution in [2.24, 2.45) is 0 Å². The molecule has 0 aliphatic rings. The number of H-pyrrole nitrogens is 1. The second-order valence-corrected chi connectivity index (χ2v) is 8.24. The number of aryl methyl sites for hydroxylation is 2. The van der Waals surface area contributed by atoms with Crippen LogP contribution in [0.5, 0.6) is 0 Å². The number of carbonyl (C=O) groups excluding carboxylic acids is 1. The molecule has 5 aromatic rings. The van der Waals surface area contributed by atoms with Crippen molar-refractivity contribution in [3.8, 4) is 0 Å². The Labute approximate surface area is 198 Å². The highest BCUT2D eigenvalue weighted by molar-refractivity contribution is 6.05. The monoisotopic (exact) mass is 447 g/mol. The third-order valence-corrected chi connectivity index (χ3v) is 5.78. The lowest BCUT2D eigenvalue weighted by molar-refractivity contribution is 0.102. The number of nitrogens with one attached hydrogen (secondary N) is 3. The Morgan fingerprint density at radius 1 is 0.912 bits per heavy atom. The largest absolute Gasteiger partial charge is 0.358 e. The van der Waals surface area contributed by atoms with Crippen LogP contribution in [0.25, 0.3) is 10.9 Å². The summed E-state index contributed by atoms with van der Waals surface area (Å²) in [6.45, 7) is 4.03. The Morgan fingerprint density at radius 2 is 1.74 bits per heavy atom. The first-order chi connectivity index (χ1) is 16.6. The number of aromatic nitrogens is 3. The summed E-state index contributed by atoms with van der Waals surface area (Å²) in [7, 11) is 0. The molecule has 1 unspecified atom stereocenters. The third-order valence-electron chi connectivity index (χ3n) is 5.78. The molecule has 2 aromatic carbocycles. The van der Waals surface area contributed by atoms with Gasteiger partial charge in [0.1, 0.15) is 5.82 Å². The Morgan fingerprint density at radius 3 is 2.50 bits per heavy atom. The fraction of sp³-hybridized carbons (Fsp3) is 0.107. The van der Waals surface area contributed by atoms with E-state index in [2.05, 4.69) is 32.5 Å². The van der Waals surface area contributed by atoms with E-state index in [-0.39, 0.29) is 11.9 Å². The van der Waals surface area contributed by atoms with Gasteiger partial charge in [-0.3, -0.25) is 9.78 Å². The van der Waals surface area contributed by atoms with E-state index in [1.165, 1.54) is 0 Å². The minimum absolute atomic E-state index is 0.142. The normalized spacial score (nSPS) is 11.8. The topological polar surface area (TPSA) is 82.7 Å². The van der Waals surface area contributed by atoms with Crippen LogP contribution >= 0.6 is 0 Å². The van der Waals surface area contributed by atoms with E-state index < -0.39 is 0 Å². The maximum atomic E-state index is 12.7. The standard InChI is InChI=1S/C28H25N5O/c1-18-9-8-13-25(30-18)33-27(24-12-6-7-16-29-24)26-19(2)31-23-15-14-21(17-22(23)26)32-28(34)20-10-4-3-5-11-20/h3-17,27,31H,1-2H3,(H,30,33)(H,32,34). The average Bonchev–Trinajstić information content (AvgIpc) is 3.18. The molecule has 1 amide bonds. The lowest BCUT2D eigenvalue weighted by Crippen LogP contribution is -2.16. The van der Waals surface area contributed by atoms with Gasteiger partial charge in [-0.05, 0) is 68.4 Å².